The minimum absolute atomic E-state index is 0.00210. The average Bonchev–Trinajstić information content (AvgIpc) is 3.39. The molecular formula is C29H40F3N9OS. The minimum atomic E-state index is -4.66. The Morgan fingerprint density at radius 2 is 2.07 bits per heavy atom. The second kappa shape index (κ2) is 18.4. The van der Waals surface area contributed by atoms with E-state index in [1.165, 1.54) is 5.75 Å². The van der Waals surface area contributed by atoms with Gasteiger partial charge in [0, 0.05) is 42.2 Å². The first-order valence-electron chi connectivity index (χ1n) is 13.3. The molecular weight excluding hydrogens is 579 g/mol. The molecule has 1 aliphatic heterocycles. The molecule has 0 spiro atoms. The summed E-state index contributed by atoms with van der Waals surface area (Å²) in [5, 5.41) is 22.2. The number of aryl methyl sites for hydroxylation is 1. The molecule has 10 nitrogen and oxygen atoms in total. The van der Waals surface area contributed by atoms with E-state index < -0.39 is 12.0 Å². The van der Waals surface area contributed by atoms with Crippen LogP contribution in [0.2, 0.25) is 0 Å². The van der Waals surface area contributed by atoms with Gasteiger partial charge in [0.2, 0.25) is 5.84 Å². The van der Waals surface area contributed by atoms with Gasteiger partial charge in [-0.05, 0) is 63.4 Å². The molecule has 0 saturated heterocycles. The van der Waals surface area contributed by atoms with Crippen molar-refractivity contribution in [2.45, 2.75) is 46.0 Å². The van der Waals surface area contributed by atoms with Crippen molar-refractivity contribution >= 4 is 41.5 Å². The van der Waals surface area contributed by atoms with Crippen LogP contribution < -0.4 is 21.8 Å². The number of benzene rings is 1. The molecule has 2 atom stereocenters. The third kappa shape index (κ3) is 12.0. The van der Waals surface area contributed by atoms with Crippen LogP contribution >= 0.6 is 11.8 Å². The highest BCUT2D eigenvalue weighted by atomic mass is 32.2. The quantitative estimate of drug-likeness (QED) is 0.134. The normalized spacial score (nSPS) is 15.0. The van der Waals surface area contributed by atoms with E-state index in [1.54, 1.807) is 42.2 Å². The molecule has 2 unspecified atom stereocenters. The molecule has 0 bridgehead atoms. The largest absolute Gasteiger partial charge is 0.450 e. The monoisotopic (exact) mass is 619 g/mol. The van der Waals surface area contributed by atoms with Gasteiger partial charge in [-0.3, -0.25) is 4.79 Å². The van der Waals surface area contributed by atoms with Crippen LogP contribution in [-0.4, -0.2) is 66.1 Å². The van der Waals surface area contributed by atoms with Crippen LogP contribution in [0.5, 0.6) is 0 Å². The van der Waals surface area contributed by atoms with E-state index in [9.17, 15) is 18.0 Å². The molecule has 1 aromatic carbocycles. The number of nitrogens with two attached hydrogens (primary N) is 1. The number of allylic oxidation sites excluding steroid dienone is 1. The molecule has 2 aromatic rings. The Hall–Kier alpha value is -4.09. The number of aliphatic imine (C=N–C) groups is 1. The molecule has 3 rings (SSSR count). The van der Waals surface area contributed by atoms with Crippen LogP contribution in [0.1, 0.15) is 53.1 Å². The summed E-state index contributed by atoms with van der Waals surface area (Å²) in [6, 6.07) is 7.69. The van der Waals surface area contributed by atoms with E-state index in [1.807, 2.05) is 44.8 Å². The summed E-state index contributed by atoms with van der Waals surface area (Å²) in [4.78, 5) is 15.0. The fraction of sp³-hybridized carbons (Fsp3) is 0.414. The predicted octanol–water partition coefficient (Wildman–Crippen LogP) is 4.93. The number of rotatable bonds is 9. The Morgan fingerprint density at radius 1 is 1.37 bits per heavy atom. The van der Waals surface area contributed by atoms with Crippen LogP contribution in [0.4, 0.5) is 18.9 Å². The molecule has 1 aromatic heterocycles. The molecule has 5 N–H and O–H groups in total. The number of halogens is 3. The van der Waals surface area contributed by atoms with Gasteiger partial charge in [-0.2, -0.15) is 40.4 Å². The van der Waals surface area contributed by atoms with Gasteiger partial charge in [-0.1, -0.05) is 19.6 Å². The lowest BCUT2D eigenvalue weighted by Crippen LogP contribution is -2.33. The maximum absolute atomic E-state index is 12.2. The topological polar surface area (TPSA) is 146 Å². The van der Waals surface area contributed by atoms with E-state index >= 15 is 0 Å². The van der Waals surface area contributed by atoms with Gasteiger partial charge in [0.15, 0.2) is 6.29 Å². The van der Waals surface area contributed by atoms with Gasteiger partial charge >= 0.3 is 6.18 Å². The standard InChI is InChI=1S/C14H17F3N6.C10H10N2O.C5H13NS/c1-3-11-7-10(8-20-21-13(18)14(15,16)17)22-23(11)12-9(2)5-4-6-19-12;1-7-3-8(5-11)4-9(6-13)10(7)12-2;1-5(6-2)4-7-3/h3-4,6-7,9,20H,1,5,8H2,2H3,(H2,18,21);3-4,6,12H,1-2H3;5-6H,4H2,1-3H3. The minimum Gasteiger partial charge on any atom is -0.387 e. The summed E-state index contributed by atoms with van der Waals surface area (Å²) >= 11 is 1.87. The maximum atomic E-state index is 12.2. The third-order valence-corrected chi connectivity index (χ3v) is 6.82. The number of carbonyl (C=O) groups is 1. The Balaban J connectivity index is 0.000000387. The second-order valence-electron chi connectivity index (χ2n) is 9.40. The van der Waals surface area contributed by atoms with E-state index in [0.717, 1.165) is 29.8 Å². The zero-order chi connectivity index (χ0) is 32.6. The van der Waals surface area contributed by atoms with E-state index in [2.05, 4.69) is 51.0 Å². The molecule has 0 radical (unpaired) electrons. The highest BCUT2D eigenvalue weighted by Gasteiger charge is 2.33. The van der Waals surface area contributed by atoms with Gasteiger partial charge in [-0.25, -0.2) is 9.67 Å². The number of hydrazone groups is 1. The predicted molar refractivity (Wildman–Crippen MR) is 170 cm³/mol. The molecule has 0 saturated carbocycles. The number of carbonyl (C=O) groups excluding carboxylic acids is 1. The van der Waals surface area contributed by atoms with Gasteiger partial charge in [-0.15, -0.1) is 0 Å². The van der Waals surface area contributed by atoms with Crippen molar-refractivity contribution in [1.82, 2.24) is 20.5 Å². The summed E-state index contributed by atoms with van der Waals surface area (Å²) < 4.78 is 38.3. The Labute approximate surface area is 255 Å². The van der Waals surface area contributed by atoms with Gasteiger partial charge in [0.1, 0.15) is 5.84 Å². The van der Waals surface area contributed by atoms with Crippen LogP contribution in [-0.2, 0) is 6.54 Å². The number of hydrogen-bond acceptors (Lipinski definition) is 9. The summed E-state index contributed by atoms with van der Waals surface area (Å²) in [7, 11) is 3.74. The summed E-state index contributed by atoms with van der Waals surface area (Å²) in [5.41, 5.74) is 11.0. The first-order valence-corrected chi connectivity index (χ1v) is 14.7. The zero-order valence-corrected chi connectivity index (χ0v) is 26.1. The lowest BCUT2D eigenvalue weighted by Gasteiger charge is -2.16. The van der Waals surface area contributed by atoms with Gasteiger partial charge in [0.05, 0.1) is 29.6 Å². The number of aromatic nitrogens is 2. The molecule has 2 heterocycles. The number of amidine groups is 1. The lowest BCUT2D eigenvalue weighted by atomic mass is 10.0. The van der Waals surface area contributed by atoms with Crippen LogP contribution in [0.3, 0.4) is 0 Å². The number of nitriles is 1. The van der Waals surface area contributed by atoms with E-state index in [-0.39, 0.29) is 12.5 Å². The number of thioether (sulfide) groups is 1. The number of anilines is 1. The van der Waals surface area contributed by atoms with Crippen LogP contribution in [0.25, 0.3) is 6.08 Å². The SMILES string of the molecule is C=Cc1cc(CN/N=C(\N)C(F)(F)F)nn1C1=NC=CCC1C.CNC(C)CSC.CNc1c(C)cc(C#N)cc1C=O. The number of nitrogens with one attached hydrogen (secondary N) is 3. The van der Waals surface area contributed by atoms with Crippen molar-refractivity contribution in [3.8, 4) is 6.07 Å². The molecule has 14 heteroatoms. The highest BCUT2D eigenvalue weighted by Crippen LogP contribution is 2.20. The van der Waals surface area contributed by atoms with Crippen LogP contribution in [0, 0.1) is 24.2 Å². The summed E-state index contributed by atoms with van der Waals surface area (Å²) in [6.07, 6.45) is 4.33. The number of hydrogen-bond donors (Lipinski definition) is 4. The fourth-order valence-corrected chi connectivity index (χ4v) is 4.33. The highest BCUT2D eigenvalue weighted by molar-refractivity contribution is 7.98. The number of nitrogens with zero attached hydrogens (tertiary/aromatic N) is 5. The zero-order valence-electron chi connectivity index (χ0n) is 25.3. The fourth-order valence-electron chi connectivity index (χ4n) is 3.67. The smallest absolute Gasteiger partial charge is 0.387 e. The molecule has 43 heavy (non-hydrogen) atoms. The number of alkyl halides is 3. The maximum Gasteiger partial charge on any atom is 0.450 e. The van der Waals surface area contributed by atoms with Gasteiger partial charge < -0.3 is 21.8 Å². The van der Waals surface area contributed by atoms with Crippen LogP contribution in [0.15, 0.2) is 47.1 Å². The van der Waals surface area contributed by atoms with Crippen molar-refractivity contribution < 1.29 is 18.0 Å². The summed E-state index contributed by atoms with van der Waals surface area (Å²) in [5.74, 6) is 0.706. The number of aldehydes is 1. The molecule has 234 valence electrons. The van der Waals surface area contributed by atoms with Crippen molar-refractivity contribution in [1.29, 1.82) is 5.26 Å². The van der Waals surface area contributed by atoms with E-state index in [4.69, 9.17) is 11.0 Å². The molecule has 0 aliphatic carbocycles. The first-order chi connectivity index (χ1) is 20.4. The van der Waals surface area contributed by atoms with Crippen molar-refractivity contribution in [3.05, 3.63) is 65.1 Å². The molecule has 1 aliphatic rings. The average molecular weight is 620 g/mol. The molecule has 0 amide bonds. The van der Waals surface area contributed by atoms with Crippen molar-refractivity contribution in [2.24, 2.45) is 21.7 Å². The lowest BCUT2D eigenvalue weighted by molar-refractivity contribution is -0.0603. The Bertz CT molecular complexity index is 1340. The molecule has 0 fully saturated rings. The Kier molecular flexibility index (Phi) is 15.8. The first kappa shape index (κ1) is 36.9. The van der Waals surface area contributed by atoms with Crippen molar-refractivity contribution in [3.63, 3.8) is 0 Å². The summed E-state index contributed by atoms with van der Waals surface area (Å²) in [6.45, 7) is 9.77. The Morgan fingerprint density at radius 3 is 2.56 bits per heavy atom. The van der Waals surface area contributed by atoms with E-state index in [0.29, 0.717) is 28.6 Å². The van der Waals surface area contributed by atoms with Crippen molar-refractivity contribution in [2.75, 3.05) is 31.4 Å². The third-order valence-electron chi connectivity index (χ3n) is 5.99. The van der Waals surface area contributed by atoms with Gasteiger partial charge in [0.25, 0.3) is 0 Å². The second-order valence-corrected chi connectivity index (χ2v) is 10.3.